The molecule has 0 unspecified atom stereocenters. The van der Waals surface area contributed by atoms with Crippen LogP contribution in [-0.2, 0) is 6.54 Å². The second kappa shape index (κ2) is 5.72. The maximum Gasteiger partial charge on any atom is 0.389 e. The van der Waals surface area contributed by atoms with Crippen molar-refractivity contribution in [1.82, 2.24) is 14.8 Å². The van der Waals surface area contributed by atoms with Gasteiger partial charge in [-0.15, -0.1) is 10.2 Å². The summed E-state index contributed by atoms with van der Waals surface area (Å²) in [7, 11) is 0. The topological polar surface area (TPSA) is 56.7 Å². The minimum absolute atomic E-state index is 0.0566. The summed E-state index contributed by atoms with van der Waals surface area (Å²) in [4.78, 5) is 0. The molecule has 2 N–H and O–H groups in total. The van der Waals surface area contributed by atoms with E-state index in [4.69, 9.17) is 5.73 Å². The summed E-state index contributed by atoms with van der Waals surface area (Å²) in [6.45, 7) is 4.05. The fourth-order valence-electron chi connectivity index (χ4n) is 1.32. The van der Waals surface area contributed by atoms with Gasteiger partial charge in [0.05, 0.1) is 13.0 Å². The van der Waals surface area contributed by atoms with E-state index in [1.807, 2.05) is 13.8 Å². The summed E-state index contributed by atoms with van der Waals surface area (Å²) in [5.74, 6) is 0.536. The Balaban J connectivity index is 2.68. The molecule has 0 aliphatic rings. The molecule has 1 rings (SSSR count). The Labute approximate surface area is 102 Å². The summed E-state index contributed by atoms with van der Waals surface area (Å²) in [5, 5.41) is 8.20. The second-order valence-corrected chi connectivity index (χ2v) is 4.84. The van der Waals surface area contributed by atoms with Crippen LogP contribution in [0, 0.1) is 0 Å². The number of aromatic nitrogens is 3. The molecule has 0 amide bonds. The van der Waals surface area contributed by atoms with E-state index in [-0.39, 0.29) is 18.3 Å². The Morgan fingerprint density at radius 1 is 1.35 bits per heavy atom. The Hall–Kier alpha value is -0.760. The molecule has 0 bridgehead atoms. The van der Waals surface area contributed by atoms with E-state index < -0.39 is 12.6 Å². The molecule has 0 aromatic carbocycles. The predicted molar refractivity (Wildman–Crippen MR) is 59.7 cm³/mol. The molecule has 0 saturated carbocycles. The molecule has 0 fully saturated rings. The number of hydrogen-bond acceptors (Lipinski definition) is 4. The highest BCUT2D eigenvalue weighted by molar-refractivity contribution is 7.99. The van der Waals surface area contributed by atoms with Crippen LogP contribution in [0.1, 0.15) is 32.1 Å². The molecule has 1 heterocycles. The van der Waals surface area contributed by atoms with Gasteiger partial charge in [0.2, 0.25) is 0 Å². The molecule has 4 nitrogen and oxygen atoms in total. The van der Waals surface area contributed by atoms with Gasteiger partial charge in [0, 0.05) is 11.8 Å². The van der Waals surface area contributed by atoms with Gasteiger partial charge in [-0.3, -0.25) is 0 Å². The first-order valence-electron chi connectivity index (χ1n) is 5.18. The normalized spacial score (nSPS) is 12.4. The lowest BCUT2D eigenvalue weighted by Crippen LogP contribution is -2.12. The van der Waals surface area contributed by atoms with Crippen LogP contribution < -0.4 is 5.73 Å². The quantitative estimate of drug-likeness (QED) is 0.833. The lowest BCUT2D eigenvalue weighted by Gasteiger charge is -2.12. The molecular formula is C9H15F3N4S. The number of thioether (sulfide) groups is 1. The number of halogens is 3. The summed E-state index contributed by atoms with van der Waals surface area (Å²) < 4.78 is 37.8. The molecule has 1 aromatic rings. The summed E-state index contributed by atoms with van der Waals surface area (Å²) in [6, 6.07) is 0.0805. The zero-order chi connectivity index (χ0) is 13.1. The van der Waals surface area contributed by atoms with Crippen molar-refractivity contribution in [2.45, 2.75) is 44.2 Å². The smallest absolute Gasteiger partial charge is 0.324 e. The third kappa shape index (κ3) is 4.19. The number of alkyl halides is 3. The van der Waals surface area contributed by atoms with Crippen LogP contribution in [0.5, 0.6) is 0 Å². The second-order valence-electron chi connectivity index (χ2n) is 3.78. The number of nitrogens with zero attached hydrogens (tertiary/aromatic N) is 3. The van der Waals surface area contributed by atoms with Crippen LogP contribution >= 0.6 is 11.8 Å². The number of rotatable bonds is 5. The van der Waals surface area contributed by atoms with Crippen molar-refractivity contribution < 1.29 is 13.2 Å². The molecule has 0 saturated heterocycles. The van der Waals surface area contributed by atoms with Crippen LogP contribution in [-0.4, -0.2) is 26.7 Å². The van der Waals surface area contributed by atoms with Crippen molar-refractivity contribution in [2.75, 3.05) is 5.75 Å². The minimum atomic E-state index is -4.13. The van der Waals surface area contributed by atoms with Crippen molar-refractivity contribution in [3.05, 3.63) is 5.82 Å². The van der Waals surface area contributed by atoms with Crippen LogP contribution in [0.3, 0.4) is 0 Å². The monoisotopic (exact) mass is 268 g/mol. The van der Waals surface area contributed by atoms with Gasteiger partial charge >= 0.3 is 6.18 Å². The van der Waals surface area contributed by atoms with Crippen molar-refractivity contribution in [2.24, 2.45) is 5.73 Å². The lowest BCUT2D eigenvalue weighted by atomic mass is 10.4. The van der Waals surface area contributed by atoms with Gasteiger partial charge in [0.25, 0.3) is 0 Å². The molecule has 0 radical (unpaired) electrons. The van der Waals surface area contributed by atoms with Gasteiger partial charge in [-0.05, 0) is 13.8 Å². The largest absolute Gasteiger partial charge is 0.389 e. The third-order valence-electron chi connectivity index (χ3n) is 2.05. The molecule has 0 atom stereocenters. The highest BCUT2D eigenvalue weighted by Gasteiger charge is 2.27. The summed E-state index contributed by atoms with van der Waals surface area (Å²) in [5.41, 5.74) is 5.49. The van der Waals surface area contributed by atoms with Gasteiger partial charge < -0.3 is 10.3 Å². The molecule has 0 aliphatic heterocycles. The molecule has 0 spiro atoms. The number of nitrogens with two attached hydrogens (primary N) is 1. The van der Waals surface area contributed by atoms with E-state index in [9.17, 15) is 13.2 Å². The first-order valence-corrected chi connectivity index (χ1v) is 6.17. The fraction of sp³-hybridized carbons (Fsp3) is 0.778. The molecular weight excluding hydrogens is 253 g/mol. The maximum atomic E-state index is 12.0. The molecule has 98 valence electrons. The van der Waals surface area contributed by atoms with Gasteiger partial charge in [-0.1, -0.05) is 11.8 Å². The zero-order valence-electron chi connectivity index (χ0n) is 9.66. The van der Waals surface area contributed by atoms with Crippen LogP contribution in [0.25, 0.3) is 0 Å². The van der Waals surface area contributed by atoms with Gasteiger partial charge in [-0.2, -0.15) is 13.2 Å². The summed E-state index contributed by atoms with van der Waals surface area (Å²) >= 11 is 1.05. The first-order chi connectivity index (χ1) is 7.85. The highest BCUT2D eigenvalue weighted by atomic mass is 32.2. The van der Waals surface area contributed by atoms with E-state index in [0.717, 1.165) is 11.8 Å². The van der Waals surface area contributed by atoms with Gasteiger partial charge in [0.15, 0.2) is 5.16 Å². The van der Waals surface area contributed by atoms with Gasteiger partial charge in [0.1, 0.15) is 5.82 Å². The Morgan fingerprint density at radius 3 is 2.47 bits per heavy atom. The zero-order valence-corrected chi connectivity index (χ0v) is 10.5. The van der Waals surface area contributed by atoms with Gasteiger partial charge in [-0.25, -0.2) is 0 Å². The Bertz CT molecular complexity index is 362. The Morgan fingerprint density at radius 2 is 2.00 bits per heavy atom. The first kappa shape index (κ1) is 14.3. The van der Waals surface area contributed by atoms with Crippen LogP contribution in [0.4, 0.5) is 13.2 Å². The van der Waals surface area contributed by atoms with Crippen molar-refractivity contribution in [3.63, 3.8) is 0 Å². The van der Waals surface area contributed by atoms with Crippen LogP contribution in [0.2, 0.25) is 0 Å². The fourth-order valence-corrected chi connectivity index (χ4v) is 2.39. The summed E-state index contributed by atoms with van der Waals surface area (Å²) in [6.07, 6.45) is -4.97. The Kier molecular flexibility index (Phi) is 4.81. The maximum absolute atomic E-state index is 12.0. The number of hydrogen-bond donors (Lipinski definition) is 1. The average molecular weight is 268 g/mol. The molecule has 1 aromatic heterocycles. The molecule has 8 heteroatoms. The van der Waals surface area contributed by atoms with E-state index in [2.05, 4.69) is 10.2 Å². The van der Waals surface area contributed by atoms with E-state index in [1.54, 1.807) is 4.57 Å². The minimum Gasteiger partial charge on any atom is -0.324 e. The van der Waals surface area contributed by atoms with Crippen molar-refractivity contribution in [1.29, 1.82) is 0 Å². The van der Waals surface area contributed by atoms with E-state index in [0.29, 0.717) is 11.0 Å². The van der Waals surface area contributed by atoms with Crippen molar-refractivity contribution >= 4 is 11.8 Å². The average Bonchev–Trinajstić information content (AvgIpc) is 2.58. The molecule has 0 aliphatic carbocycles. The molecule has 17 heavy (non-hydrogen) atoms. The SMILES string of the molecule is CC(C)n1c(CN)nnc1SCCC(F)(F)F. The van der Waals surface area contributed by atoms with Crippen molar-refractivity contribution in [3.8, 4) is 0 Å². The van der Waals surface area contributed by atoms with E-state index in [1.165, 1.54) is 0 Å². The predicted octanol–water partition coefficient (Wildman–Crippen LogP) is 2.36. The standard InChI is InChI=1S/C9H15F3N4S/c1-6(2)16-7(5-13)14-15-8(16)17-4-3-9(10,11)12/h6H,3-5,13H2,1-2H3. The lowest BCUT2D eigenvalue weighted by molar-refractivity contribution is -0.129. The third-order valence-corrected chi connectivity index (χ3v) is 3.00. The highest BCUT2D eigenvalue weighted by Crippen LogP contribution is 2.27. The van der Waals surface area contributed by atoms with Crippen LogP contribution in [0.15, 0.2) is 5.16 Å². The van der Waals surface area contributed by atoms with E-state index >= 15 is 0 Å².